The van der Waals surface area contributed by atoms with Gasteiger partial charge in [-0.15, -0.1) is 11.3 Å². The molecule has 28 heavy (non-hydrogen) atoms. The molecule has 2 heterocycles. The van der Waals surface area contributed by atoms with Crippen LogP contribution in [0.15, 0.2) is 4.99 Å². The first-order valence-electron chi connectivity index (χ1n) is 10.5. The summed E-state index contributed by atoms with van der Waals surface area (Å²) in [7, 11) is 0. The summed E-state index contributed by atoms with van der Waals surface area (Å²) < 4.78 is 0. The predicted octanol–water partition coefficient (Wildman–Crippen LogP) is 1.85. The van der Waals surface area contributed by atoms with Crippen LogP contribution in [0.2, 0.25) is 0 Å². The fraction of sp³-hybridized carbons (Fsp3) is 0.750. The minimum Gasteiger partial charge on any atom is -0.357 e. The fourth-order valence-corrected chi connectivity index (χ4v) is 4.27. The lowest BCUT2D eigenvalue weighted by molar-refractivity contribution is -0.122. The Hall–Kier alpha value is -1.67. The summed E-state index contributed by atoms with van der Waals surface area (Å²) in [6.07, 6.45) is 3.96. The van der Waals surface area contributed by atoms with Gasteiger partial charge in [-0.25, -0.2) is 4.98 Å². The maximum atomic E-state index is 11.9. The van der Waals surface area contributed by atoms with Crippen molar-refractivity contribution in [1.29, 1.82) is 0 Å². The van der Waals surface area contributed by atoms with Gasteiger partial charge in [0.05, 0.1) is 17.2 Å². The van der Waals surface area contributed by atoms with Gasteiger partial charge in [0.1, 0.15) is 0 Å². The highest BCUT2D eigenvalue weighted by Crippen LogP contribution is 2.17. The quantitative estimate of drug-likeness (QED) is 0.429. The third kappa shape index (κ3) is 7.75. The van der Waals surface area contributed by atoms with E-state index in [1.165, 1.54) is 4.88 Å². The molecule has 0 saturated carbocycles. The molecular formula is C20H36N6OS. The van der Waals surface area contributed by atoms with Crippen molar-refractivity contribution in [2.24, 2.45) is 4.99 Å². The first-order valence-corrected chi connectivity index (χ1v) is 11.3. The molecule has 1 aromatic heterocycles. The lowest BCUT2D eigenvalue weighted by Crippen LogP contribution is -2.50. The maximum Gasteiger partial charge on any atom is 0.234 e. The van der Waals surface area contributed by atoms with E-state index in [-0.39, 0.29) is 5.91 Å². The van der Waals surface area contributed by atoms with Gasteiger partial charge >= 0.3 is 0 Å². The Bertz CT molecular complexity index is 637. The first kappa shape index (κ1) is 22.6. The SMILES string of the molecule is CCCNC(=O)CN1CCC(NC(=NCCc2sc(C)nc2C)NCC)CC1. The Balaban J connectivity index is 1.76. The molecule has 0 aliphatic carbocycles. The molecule has 1 saturated heterocycles. The average Bonchev–Trinajstić information content (AvgIpc) is 2.99. The lowest BCUT2D eigenvalue weighted by atomic mass is 10.1. The second-order valence-corrected chi connectivity index (χ2v) is 8.58. The Kier molecular flexibility index (Phi) is 9.70. The van der Waals surface area contributed by atoms with E-state index in [2.05, 4.69) is 53.5 Å². The zero-order valence-electron chi connectivity index (χ0n) is 17.8. The number of carbonyl (C=O) groups is 1. The Morgan fingerprint density at radius 3 is 2.61 bits per heavy atom. The molecule has 1 aliphatic heterocycles. The molecule has 0 atom stereocenters. The average molecular weight is 409 g/mol. The lowest BCUT2D eigenvalue weighted by Gasteiger charge is -2.32. The molecule has 0 bridgehead atoms. The number of likely N-dealkylation sites (tertiary alicyclic amines) is 1. The number of aryl methyl sites for hydroxylation is 2. The number of nitrogens with zero attached hydrogens (tertiary/aromatic N) is 3. The van der Waals surface area contributed by atoms with Crippen LogP contribution in [0.25, 0.3) is 0 Å². The van der Waals surface area contributed by atoms with Crippen LogP contribution in [-0.4, -0.2) is 67.1 Å². The second kappa shape index (κ2) is 12.0. The van der Waals surface area contributed by atoms with E-state index < -0.39 is 0 Å². The van der Waals surface area contributed by atoms with Gasteiger partial charge in [0.25, 0.3) is 0 Å². The van der Waals surface area contributed by atoms with Crippen molar-refractivity contribution in [3.63, 3.8) is 0 Å². The molecule has 158 valence electrons. The Labute approximate surface area is 173 Å². The van der Waals surface area contributed by atoms with E-state index in [1.807, 2.05) is 0 Å². The minimum absolute atomic E-state index is 0.136. The van der Waals surface area contributed by atoms with Crippen molar-refractivity contribution >= 4 is 23.2 Å². The van der Waals surface area contributed by atoms with E-state index in [4.69, 9.17) is 4.99 Å². The molecule has 0 aromatic carbocycles. The highest BCUT2D eigenvalue weighted by molar-refractivity contribution is 7.11. The first-order chi connectivity index (χ1) is 13.5. The van der Waals surface area contributed by atoms with Crippen LogP contribution in [-0.2, 0) is 11.2 Å². The summed E-state index contributed by atoms with van der Waals surface area (Å²) in [4.78, 5) is 24.7. The zero-order chi connectivity index (χ0) is 20.4. The van der Waals surface area contributed by atoms with Crippen LogP contribution in [0.5, 0.6) is 0 Å². The van der Waals surface area contributed by atoms with Crippen molar-refractivity contribution in [3.05, 3.63) is 15.6 Å². The van der Waals surface area contributed by atoms with E-state index in [1.54, 1.807) is 11.3 Å². The summed E-state index contributed by atoms with van der Waals surface area (Å²) in [6, 6.07) is 0.403. The number of carbonyl (C=O) groups excluding carboxylic acids is 1. The van der Waals surface area contributed by atoms with Gasteiger partial charge in [-0.3, -0.25) is 14.7 Å². The summed E-state index contributed by atoms with van der Waals surface area (Å²) in [5.74, 6) is 1.03. The van der Waals surface area contributed by atoms with Crippen molar-refractivity contribution in [2.45, 2.75) is 59.4 Å². The largest absolute Gasteiger partial charge is 0.357 e. The standard InChI is InChI=1S/C20H36N6OS/c1-5-10-22-19(27)14-26-12-8-17(9-13-26)25-20(21-6-2)23-11-7-18-15(3)24-16(4)28-18/h17H,5-14H2,1-4H3,(H,22,27)(H2,21,23,25). The number of hydrogen-bond donors (Lipinski definition) is 3. The van der Waals surface area contributed by atoms with Gasteiger partial charge in [0.2, 0.25) is 5.91 Å². The van der Waals surface area contributed by atoms with Gasteiger partial charge in [-0.05, 0) is 40.0 Å². The molecule has 1 aromatic rings. The molecule has 1 aliphatic rings. The molecule has 1 amide bonds. The van der Waals surface area contributed by atoms with Gasteiger partial charge < -0.3 is 16.0 Å². The van der Waals surface area contributed by atoms with Crippen molar-refractivity contribution < 1.29 is 4.79 Å². The van der Waals surface area contributed by atoms with Gasteiger partial charge in [0.15, 0.2) is 5.96 Å². The smallest absolute Gasteiger partial charge is 0.234 e. The number of aliphatic imine (C=N–C) groups is 1. The number of rotatable bonds is 9. The summed E-state index contributed by atoms with van der Waals surface area (Å²) in [5, 5.41) is 11.0. The van der Waals surface area contributed by atoms with Crippen LogP contribution in [0.4, 0.5) is 0 Å². The number of amides is 1. The monoisotopic (exact) mass is 408 g/mol. The van der Waals surface area contributed by atoms with Crippen LogP contribution in [0.3, 0.4) is 0 Å². The molecule has 1 fully saturated rings. The van der Waals surface area contributed by atoms with Crippen molar-refractivity contribution in [1.82, 2.24) is 25.8 Å². The topological polar surface area (TPSA) is 81.7 Å². The molecule has 3 N–H and O–H groups in total. The highest BCUT2D eigenvalue weighted by Gasteiger charge is 2.21. The summed E-state index contributed by atoms with van der Waals surface area (Å²) >= 11 is 1.77. The molecule has 0 unspecified atom stereocenters. The van der Waals surface area contributed by atoms with E-state index in [0.29, 0.717) is 12.6 Å². The summed E-state index contributed by atoms with van der Waals surface area (Å²) in [6.45, 7) is 13.0. The minimum atomic E-state index is 0.136. The number of aromatic nitrogens is 1. The van der Waals surface area contributed by atoms with Gasteiger partial charge in [-0.1, -0.05) is 6.92 Å². The Morgan fingerprint density at radius 1 is 1.25 bits per heavy atom. The van der Waals surface area contributed by atoms with Crippen LogP contribution in [0.1, 0.15) is 48.7 Å². The molecular weight excluding hydrogens is 372 g/mol. The van der Waals surface area contributed by atoms with Gasteiger partial charge in [0, 0.05) is 50.1 Å². The summed E-state index contributed by atoms with van der Waals surface area (Å²) in [5.41, 5.74) is 1.13. The van der Waals surface area contributed by atoms with E-state index in [9.17, 15) is 4.79 Å². The zero-order valence-corrected chi connectivity index (χ0v) is 18.6. The number of piperidine rings is 1. The van der Waals surface area contributed by atoms with E-state index in [0.717, 1.165) is 75.1 Å². The third-order valence-electron chi connectivity index (χ3n) is 4.82. The number of guanidine groups is 1. The fourth-order valence-electron chi connectivity index (χ4n) is 3.35. The Morgan fingerprint density at radius 2 is 2.00 bits per heavy atom. The number of hydrogen-bond acceptors (Lipinski definition) is 5. The molecule has 0 radical (unpaired) electrons. The second-order valence-electron chi connectivity index (χ2n) is 7.30. The molecule has 8 heteroatoms. The van der Waals surface area contributed by atoms with E-state index >= 15 is 0 Å². The highest BCUT2D eigenvalue weighted by atomic mass is 32.1. The van der Waals surface area contributed by atoms with Crippen LogP contribution in [0, 0.1) is 13.8 Å². The van der Waals surface area contributed by atoms with Crippen molar-refractivity contribution in [2.75, 3.05) is 39.3 Å². The van der Waals surface area contributed by atoms with Gasteiger partial charge in [-0.2, -0.15) is 0 Å². The number of nitrogens with one attached hydrogen (secondary N) is 3. The third-order valence-corrected chi connectivity index (χ3v) is 5.95. The maximum absolute atomic E-state index is 11.9. The predicted molar refractivity (Wildman–Crippen MR) is 117 cm³/mol. The van der Waals surface area contributed by atoms with Crippen LogP contribution >= 0.6 is 11.3 Å². The molecule has 0 spiro atoms. The molecule has 2 rings (SSSR count). The van der Waals surface area contributed by atoms with Crippen molar-refractivity contribution in [3.8, 4) is 0 Å². The number of thiazole rings is 1. The normalized spacial score (nSPS) is 16.2. The molecule has 7 nitrogen and oxygen atoms in total. The van der Waals surface area contributed by atoms with Crippen LogP contribution < -0.4 is 16.0 Å².